The Morgan fingerprint density at radius 2 is 1.91 bits per heavy atom. The number of amidine groups is 1. The first-order valence-corrected chi connectivity index (χ1v) is 11.9. The van der Waals surface area contributed by atoms with Crippen molar-refractivity contribution in [2.45, 2.75) is 33.2 Å². The van der Waals surface area contributed by atoms with Gasteiger partial charge in [-0.3, -0.25) is 4.79 Å². The number of esters is 1. The molecular weight excluding hydrogens is 450 g/mol. The SMILES string of the molecule is CCOC(=O)C1=C(C)N=C2SC=C(CC(=O)Nc3ccc(C)cc3)N2C1c1cccc(OC)c1. The standard InChI is InChI=1S/C26H27N3O4S/c1-5-33-25(31)23-17(3)27-26-29(24(23)18-7-6-8-21(13-18)32-4)20(15-34-26)14-22(30)28-19-11-9-16(2)10-12-19/h6-13,15,24H,5,14H2,1-4H3,(H,28,30). The molecule has 2 aromatic rings. The van der Waals surface area contributed by atoms with E-state index in [0.29, 0.717) is 17.0 Å². The maximum atomic E-state index is 13.0. The topological polar surface area (TPSA) is 80.2 Å². The highest BCUT2D eigenvalue weighted by atomic mass is 32.2. The first-order valence-electron chi connectivity index (χ1n) is 11.0. The van der Waals surface area contributed by atoms with E-state index in [4.69, 9.17) is 9.47 Å². The largest absolute Gasteiger partial charge is 0.497 e. The fourth-order valence-corrected chi connectivity index (χ4v) is 4.94. The van der Waals surface area contributed by atoms with E-state index < -0.39 is 12.0 Å². The Kier molecular flexibility index (Phi) is 7.07. The van der Waals surface area contributed by atoms with Gasteiger partial charge in [0, 0.05) is 11.4 Å². The number of amides is 1. The summed E-state index contributed by atoms with van der Waals surface area (Å²) >= 11 is 1.44. The Hall–Kier alpha value is -3.52. The summed E-state index contributed by atoms with van der Waals surface area (Å²) in [6.07, 6.45) is 0.134. The summed E-state index contributed by atoms with van der Waals surface area (Å²) in [4.78, 5) is 32.5. The van der Waals surface area contributed by atoms with Crippen molar-refractivity contribution in [3.05, 3.63) is 82.0 Å². The number of carbonyl (C=O) groups excluding carboxylic acids is 2. The highest BCUT2D eigenvalue weighted by molar-refractivity contribution is 8.16. The molecule has 0 fully saturated rings. The predicted molar refractivity (Wildman–Crippen MR) is 134 cm³/mol. The van der Waals surface area contributed by atoms with Crippen LogP contribution in [0.1, 0.15) is 37.4 Å². The molecule has 2 aliphatic heterocycles. The molecule has 0 saturated heterocycles. The number of carbonyl (C=O) groups is 2. The maximum absolute atomic E-state index is 13.0. The summed E-state index contributed by atoms with van der Waals surface area (Å²) in [5.41, 5.74) is 4.52. The molecule has 34 heavy (non-hydrogen) atoms. The van der Waals surface area contributed by atoms with Crippen LogP contribution >= 0.6 is 11.8 Å². The number of thioether (sulfide) groups is 1. The van der Waals surface area contributed by atoms with Crippen LogP contribution in [-0.2, 0) is 14.3 Å². The number of fused-ring (bicyclic) bond motifs is 1. The smallest absolute Gasteiger partial charge is 0.338 e. The normalized spacial score (nSPS) is 17.1. The summed E-state index contributed by atoms with van der Waals surface area (Å²) in [7, 11) is 1.60. The van der Waals surface area contributed by atoms with Gasteiger partial charge in [0.05, 0.1) is 37.4 Å². The van der Waals surface area contributed by atoms with E-state index in [-0.39, 0.29) is 18.9 Å². The molecule has 4 rings (SSSR count). The quantitative estimate of drug-likeness (QED) is 0.554. The van der Waals surface area contributed by atoms with Gasteiger partial charge in [-0.2, -0.15) is 0 Å². The highest BCUT2D eigenvalue weighted by Gasteiger charge is 2.41. The second kappa shape index (κ2) is 10.2. The molecule has 8 heteroatoms. The Labute approximate surface area is 203 Å². The number of aryl methyl sites for hydroxylation is 1. The van der Waals surface area contributed by atoms with Crippen LogP contribution in [0.15, 0.2) is 75.9 Å². The molecule has 1 atom stereocenters. The van der Waals surface area contributed by atoms with Crippen molar-refractivity contribution < 1.29 is 19.1 Å². The van der Waals surface area contributed by atoms with Crippen LogP contribution in [0, 0.1) is 6.92 Å². The first kappa shape index (κ1) is 23.6. The number of methoxy groups -OCH3 is 1. The van der Waals surface area contributed by atoms with Crippen LogP contribution in [0.4, 0.5) is 5.69 Å². The molecule has 2 aliphatic rings. The molecule has 1 unspecified atom stereocenters. The molecular formula is C26H27N3O4S. The average molecular weight is 478 g/mol. The van der Waals surface area contributed by atoms with E-state index >= 15 is 0 Å². The first-order chi connectivity index (χ1) is 16.4. The minimum atomic E-state index is -0.491. The highest BCUT2D eigenvalue weighted by Crippen LogP contribution is 2.45. The zero-order chi connectivity index (χ0) is 24.2. The van der Waals surface area contributed by atoms with Gasteiger partial charge in [-0.15, -0.1) is 0 Å². The number of ether oxygens (including phenoxy) is 2. The lowest BCUT2D eigenvalue weighted by atomic mass is 9.93. The van der Waals surface area contributed by atoms with Crippen molar-refractivity contribution in [1.29, 1.82) is 0 Å². The molecule has 1 N–H and O–H groups in total. The number of aliphatic imine (C=N–C) groups is 1. The minimum Gasteiger partial charge on any atom is -0.497 e. The van der Waals surface area contributed by atoms with Gasteiger partial charge in [-0.1, -0.05) is 41.6 Å². The fourth-order valence-electron chi connectivity index (χ4n) is 3.97. The van der Waals surface area contributed by atoms with E-state index in [1.807, 2.05) is 72.7 Å². The van der Waals surface area contributed by atoms with Crippen LogP contribution in [0.2, 0.25) is 0 Å². The monoisotopic (exact) mass is 477 g/mol. The second-order valence-corrected chi connectivity index (χ2v) is 8.82. The van der Waals surface area contributed by atoms with E-state index in [9.17, 15) is 9.59 Å². The lowest BCUT2D eigenvalue weighted by Gasteiger charge is -2.36. The van der Waals surface area contributed by atoms with Gasteiger partial charge < -0.3 is 19.7 Å². The molecule has 1 amide bonds. The summed E-state index contributed by atoms with van der Waals surface area (Å²) in [5.74, 6) is 0.109. The van der Waals surface area contributed by atoms with E-state index in [1.165, 1.54) is 11.8 Å². The molecule has 2 aromatic carbocycles. The zero-order valence-electron chi connectivity index (χ0n) is 19.6. The van der Waals surface area contributed by atoms with Gasteiger partial charge >= 0.3 is 5.97 Å². The lowest BCUT2D eigenvalue weighted by molar-refractivity contribution is -0.139. The van der Waals surface area contributed by atoms with E-state index in [0.717, 1.165) is 27.7 Å². The molecule has 176 valence electrons. The van der Waals surface area contributed by atoms with Crippen molar-refractivity contribution in [3.63, 3.8) is 0 Å². The van der Waals surface area contributed by atoms with Gasteiger partial charge in [0.25, 0.3) is 0 Å². The zero-order valence-corrected chi connectivity index (χ0v) is 20.4. The van der Waals surface area contributed by atoms with Crippen molar-refractivity contribution in [2.75, 3.05) is 19.0 Å². The molecule has 2 heterocycles. The van der Waals surface area contributed by atoms with Crippen LogP contribution in [0.5, 0.6) is 5.75 Å². The molecule has 7 nitrogen and oxygen atoms in total. The Morgan fingerprint density at radius 1 is 1.15 bits per heavy atom. The second-order valence-electron chi connectivity index (χ2n) is 7.98. The summed E-state index contributed by atoms with van der Waals surface area (Å²) in [6, 6.07) is 14.7. The van der Waals surface area contributed by atoms with Crippen LogP contribution in [0.3, 0.4) is 0 Å². The molecule has 0 saturated carbocycles. The number of allylic oxidation sites excluding steroid dienone is 1. The van der Waals surface area contributed by atoms with Gasteiger partial charge in [-0.25, -0.2) is 9.79 Å². The summed E-state index contributed by atoms with van der Waals surface area (Å²) in [5, 5.41) is 5.59. The van der Waals surface area contributed by atoms with Gasteiger partial charge in [-0.05, 0) is 56.0 Å². The van der Waals surface area contributed by atoms with Crippen molar-refractivity contribution in [3.8, 4) is 5.75 Å². The van der Waals surface area contributed by atoms with Gasteiger partial charge in [0.1, 0.15) is 5.75 Å². The van der Waals surface area contributed by atoms with Crippen molar-refractivity contribution in [2.24, 2.45) is 4.99 Å². The molecule has 0 spiro atoms. The van der Waals surface area contributed by atoms with Gasteiger partial charge in [0.2, 0.25) is 5.91 Å². The third-order valence-corrected chi connectivity index (χ3v) is 6.47. The predicted octanol–water partition coefficient (Wildman–Crippen LogP) is 5.17. The number of rotatable bonds is 7. The number of nitrogens with one attached hydrogen (secondary N) is 1. The van der Waals surface area contributed by atoms with E-state index in [1.54, 1.807) is 14.0 Å². The lowest BCUT2D eigenvalue weighted by Crippen LogP contribution is -2.37. The van der Waals surface area contributed by atoms with Crippen LogP contribution in [-0.4, -0.2) is 35.7 Å². The number of nitrogens with zero attached hydrogens (tertiary/aromatic N) is 2. The minimum absolute atomic E-state index is 0.134. The summed E-state index contributed by atoms with van der Waals surface area (Å²) in [6.45, 7) is 5.84. The Bertz CT molecular complexity index is 1200. The Balaban J connectivity index is 1.67. The van der Waals surface area contributed by atoms with Gasteiger partial charge in [0.15, 0.2) is 5.17 Å². The average Bonchev–Trinajstić information content (AvgIpc) is 3.21. The number of hydrogen-bond acceptors (Lipinski definition) is 7. The maximum Gasteiger partial charge on any atom is 0.338 e. The third kappa shape index (κ3) is 4.87. The molecule has 0 aliphatic carbocycles. The summed E-state index contributed by atoms with van der Waals surface area (Å²) < 4.78 is 10.8. The molecule has 0 radical (unpaired) electrons. The van der Waals surface area contributed by atoms with Crippen molar-refractivity contribution >= 4 is 34.5 Å². The number of benzene rings is 2. The van der Waals surface area contributed by atoms with Crippen LogP contribution in [0.25, 0.3) is 0 Å². The fraction of sp³-hybridized carbons (Fsp3) is 0.269. The molecule has 0 aromatic heterocycles. The number of hydrogen-bond donors (Lipinski definition) is 1. The number of anilines is 1. The van der Waals surface area contributed by atoms with E-state index in [2.05, 4.69) is 10.3 Å². The van der Waals surface area contributed by atoms with Crippen LogP contribution < -0.4 is 10.1 Å². The molecule has 0 bridgehead atoms. The Morgan fingerprint density at radius 3 is 2.62 bits per heavy atom. The third-order valence-electron chi connectivity index (χ3n) is 5.58. The van der Waals surface area contributed by atoms with Crippen molar-refractivity contribution in [1.82, 2.24) is 4.90 Å².